The fraction of sp³-hybridized carbons (Fsp3) is 0.259. The smallest absolute Gasteiger partial charge is 0.294 e. The summed E-state index contributed by atoms with van der Waals surface area (Å²) in [5.74, 6) is 0.558. The Balaban J connectivity index is 0.000000920. The number of hydrogen-bond acceptors (Lipinski definition) is 17. The van der Waals surface area contributed by atoms with Gasteiger partial charge in [-0.2, -0.15) is 27.8 Å². The van der Waals surface area contributed by atoms with E-state index < -0.39 is 20.8 Å². The van der Waals surface area contributed by atoms with E-state index in [4.69, 9.17) is 10.5 Å². The molecule has 0 unspecified atom stereocenters. The number of fused-ring (bicyclic) bond motifs is 1. The largest absolute Gasteiger partial charge is 0.505 e. The van der Waals surface area contributed by atoms with E-state index in [1.54, 1.807) is 51.2 Å². The van der Waals surface area contributed by atoms with Crippen molar-refractivity contribution in [1.82, 2.24) is 20.3 Å². The van der Waals surface area contributed by atoms with Crippen molar-refractivity contribution in [1.29, 1.82) is 0 Å². The zero-order valence-electron chi connectivity index (χ0n) is 26.5. The van der Waals surface area contributed by atoms with Gasteiger partial charge < -0.3 is 15.3 Å². The van der Waals surface area contributed by atoms with Crippen molar-refractivity contribution in [2.45, 2.75) is 37.5 Å². The second kappa shape index (κ2) is 21.3. The molecular formula is C27H33N7O10S3Y. The van der Waals surface area contributed by atoms with Gasteiger partial charge in [-0.3, -0.25) is 9.35 Å². The predicted molar refractivity (Wildman–Crippen MR) is 176 cm³/mol. The van der Waals surface area contributed by atoms with E-state index in [-0.39, 0.29) is 77.4 Å². The molecule has 0 aliphatic carbocycles. The minimum Gasteiger partial charge on any atom is -0.505 e. The number of carbonyl (C=O) groups is 1. The maximum absolute atomic E-state index is 12.1. The van der Waals surface area contributed by atoms with E-state index in [1.807, 2.05) is 13.8 Å². The standard InChI is InChI=1S/C22H20N6O7S2.C3H7NO3S.C2H6.Y/c1-12-23-13(2)25-22(24-12)28(3)17-11-16(37(31,32)33)9-14-10-18(36-35-34-30)20(21(29)19(14)17)27-26-15-7-5-4-6-8-15;1-4-3(5)2-8-7-6;1-2;/h4-11,29-30H,1-3H3,(H,31,32,33);6H,2H2,1H3,(H,4,5);1-2H3;. The third-order valence-electron chi connectivity index (χ3n) is 5.61. The first-order chi connectivity index (χ1) is 22.4. The number of azo groups is 1. The van der Waals surface area contributed by atoms with Crippen molar-refractivity contribution >= 4 is 73.9 Å². The maximum Gasteiger partial charge on any atom is 0.294 e. The zero-order valence-corrected chi connectivity index (χ0v) is 31.8. The molecule has 3 aromatic carbocycles. The molecule has 1 radical (unpaired) electrons. The molecule has 0 spiro atoms. The van der Waals surface area contributed by atoms with Gasteiger partial charge in [0.2, 0.25) is 11.9 Å². The molecule has 4 aromatic rings. The van der Waals surface area contributed by atoms with Gasteiger partial charge in [-0.15, -0.1) is 9.45 Å². The molecule has 0 fully saturated rings. The molecule has 257 valence electrons. The van der Waals surface area contributed by atoms with Crippen molar-refractivity contribution in [2.24, 2.45) is 10.2 Å². The number of anilines is 2. The molecule has 5 N–H and O–H groups in total. The van der Waals surface area contributed by atoms with Crippen LogP contribution < -0.4 is 10.2 Å². The van der Waals surface area contributed by atoms with Crippen LogP contribution in [0.3, 0.4) is 0 Å². The van der Waals surface area contributed by atoms with Crippen LogP contribution in [0.1, 0.15) is 25.5 Å². The Kier molecular flexibility index (Phi) is 19.1. The van der Waals surface area contributed by atoms with Crippen molar-refractivity contribution in [2.75, 3.05) is 24.7 Å². The molecular weight excluding hydrogens is 767 g/mol. The molecule has 17 nitrogen and oxygen atoms in total. The van der Waals surface area contributed by atoms with E-state index in [2.05, 4.69) is 44.2 Å². The monoisotopic (exact) mass is 800 g/mol. The van der Waals surface area contributed by atoms with Crippen LogP contribution in [0, 0.1) is 13.8 Å². The van der Waals surface area contributed by atoms with Crippen molar-refractivity contribution in [3.63, 3.8) is 0 Å². The quantitative estimate of drug-likeness (QED) is 0.0379. The fourth-order valence-electron chi connectivity index (χ4n) is 3.67. The molecule has 0 saturated heterocycles. The molecule has 0 aliphatic heterocycles. The molecule has 0 aliphatic rings. The average Bonchev–Trinajstić information content (AvgIpc) is 3.05. The molecule has 0 saturated carbocycles. The van der Waals surface area contributed by atoms with Gasteiger partial charge in [0.15, 0.2) is 5.75 Å². The van der Waals surface area contributed by atoms with Gasteiger partial charge in [-0.1, -0.05) is 37.1 Å². The summed E-state index contributed by atoms with van der Waals surface area (Å²) in [5, 5.41) is 42.4. The topological polar surface area (TPSA) is 238 Å². The Bertz CT molecular complexity index is 1770. The van der Waals surface area contributed by atoms with E-state index in [9.17, 15) is 22.9 Å². The molecule has 21 heteroatoms. The molecule has 48 heavy (non-hydrogen) atoms. The number of nitrogens with one attached hydrogen (secondary N) is 1. The summed E-state index contributed by atoms with van der Waals surface area (Å²) in [5.41, 5.74) is 0.572. The minimum absolute atomic E-state index is 0. The van der Waals surface area contributed by atoms with Crippen LogP contribution >= 0.6 is 24.1 Å². The van der Waals surface area contributed by atoms with E-state index >= 15 is 0 Å². The average molecular weight is 801 g/mol. The first-order valence-electron chi connectivity index (χ1n) is 13.4. The molecule has 1 amide bonds. The van der Waals surface area contributed by atoms with Gasteiger partial charge in [0, 0.05) is 64.2 Å². The van der Waals surface area contributed by atoms with Crippen LogP contribution in [0.15, 0.2) is 68.6 Å². The Morgan fingerprint density at radius 2 is 1.65 bits per heavy atom. The second-order valence-corrected chi connectivity index (χ2v) is 11.5. The number of carbonyl (C=O) groups excluding carboxylic acids is 1. The third-order valence-corrected chi connectivity index (χ3v) is 7.54. The fourth-order valence-corrected chi connectivity index (χ4v) is 5.01. The van der Waals surface area contributed by atoms with Crippen LogP contribution in [-0.2, 0) is 61.3 Å². The van der Waals surface area contributed by atoms with E-state index in [1.165, 1.54) is 24.1 Å². The van der Waals surface area contributed by atoms with Crippen molar-refractivity contribution in [3.05, 3.63) is 60.2 Å². The van der Waals surface area contributed by atoms with Crippen LogP contribution in [0.25, 0.3) is 10.8 Å². The number of benzene rings is 3. The number of aromatic nitrogens is 3. The number of phenolic OH excluding ortho intramolecular Hbond substituents is 1. The summed E-state index contributed by atoms with van der Waals surface area (Å²) in [6, 6.07) is 12.5. The summed E-state index contributed by atoms with van der Waals surface area (Å²) in [7, 11) is -1.58. The summed E-state index contributed by atoms with van der Waals surface area (Å²) >= 11 is 1.18. The van der Waals surface area contributed by atoms with Crippen LogP contribution in [0.4, 0.5) is 23.0 Å². The van der Waals surface area contributed by atoms with Gasteiger partial charge in [0.25, 0.3) is 10.1 Å². The van der Waals surface area contributed by atoms with Gasteiger partial charge in [-0.25, -0.2) is 15.5 Å². The molecule has 1 aromatic heterocycles. The van der Waals surface area contributed by atoms with Gasteiger partial charge in [-0.05, 0) is 49.6 Å². The minimum atomic E-state index is -4.65. The molecule has 1 heterocycles. The second-order valence-electron chi connectivity index (χ2n) is 8.65. The number of phenols is 1. The predicted octanol–water partition coefficient (Wildman–Crippen LogP) is 6.10. The van der Waals surface area contributed by atoms with E-state index in [0.717, 1.165) is 6.07 Å². The summed E-state index contributed by atoms with van der Waals surface area (Å²) < 4.78 is 42.1. The van der Waals surface area contributed by atoms with Gasteiger partial charge in [0.05, 0.1) is 33.2 Å². The Morgan fingerprint density at radius 1 is 1.02 bits per heavy atom. The van der Waals surface area contributed by atoms with Gasteiger partial charge >= 0.3 is 0 Å². The Morgan fingerprint density at radius 3 is 2.19 bits per heavy atom. The summed E-state index contributed by atoms with van der Waals surface area (Å²) in [6.07, 6.45) is 0. The Labute approximate surface area is 310 Å². The van der Waals surface area contributed by atoms with E-state index in [0.29, 0.717) is 41.4 Å². The summed E-state index contributed by atoms with van der Waals surface area (Å²) in [4.78, 5) is 24.1. The normalized spacial score (nSPS) is 10.8. The van der Waals surface area contributed by atoms with Crippen LogP contribution in [-0.4, -0.2) is 69.3 Å². The first kappa shape index (κ1) is 43.1. The van der Waals surface area contributed by atoms with Crippen LogP contribution in [0.5, 0.6) is 5.75 Å². The molecule has 4 rings (SSSR count). The third kappa shape index (κ3) is 12.5. The molecule has 0 atom stereocenters. The first-order valence-corrected chi connectivity index (χ1v) is 16.5. The number of aryl methyl sites for hydroxylation is 2. The number of nitrogens with zero attached hydrogens (tertiary/aromatic N) is 6. The number of rotatable bonds is 11. The number of aromatic hydroxyl groups is 1. The molecule has 0 bridgehead atoms. The maximum atomic E-state index is 12.1. The SMILES string of the molecule is CC.CNC(=O)CSOO.Cc1nc(C)nc(N(C)c2cc(S(=O)(=O)O)cc3cc(SOOO)c(N=Nc4ccccc4)c(O)c23)n1.[Y]. The van der Waals surface area contributed by atoms with Crippen molar-refractivity contribution < 1.29 is 79.8 Å². The number of amides is 1. The zero-order chi connectivity index (χ0) is 35.1. The number of hydrogen-bond donors (Lipinski definition) is 5. The van der Waals surface area contributed by atoms with Gasteiger partial charge in [0.1, 0.15) is 23.1 Å². The Hall–Kier alpha value is -2.89. The van der Waals surface area contributed by atoms with Crippen molar-refractivity contribution in [3.8, 4) is 5.75 Å². The summed E-state index contributed by atoms with van der Waals surface area (Å²) in [6.45, 7) is 7.34. The van der Waals surface area contributed by atoms with Crippen LogP contribution in [0.2, 0.25) is 0 Å².